The number of nitrogens with one attached hydrogen (secondary N) is 2. The Labute approximate surface area is 368 Å². The quantitative estimate of drug-likeness (QED) is 0.0302. The lowest BCUT2D eigenvalue weighted by atomic mass is 9.81. The van der Waals surface area contributed by atoms with Gasteiger partial charge in [0.1, 0.15) is 6.54 Å². The van der Waals surface area contributed by atoms with E-state index >= 15 is 0 Å². The number of hydrogen-bond acceptors (Lipinski definition) is 5. The number of para-hydroxylation sites is 1. The van der Waals surface area contributed by atoms with Crippen molar-refractivity contribution in [1.82, 2.24) is 10.6 Å². The Morgan fingerprint density at radius 3 is 2.08 bits per heavy atom. The van der Waals surface area contributed by atoms with Crippen LogP contribution in [0.2, 0.25) is 0 Å². The molecule has 0 aromatic heterocycles. The smallest absolute Gasteiger partial charge is 0.294 e. The van der Waals surface area contributed by atoms with Gasteiger partial charge in [-0.2, -0.15) is 13.0 Å². The fraction of sp³-hybridized carbons (Fsp3) is 0.327. The third-order valence-electron chi connectivity index (χ3n) is 12.0. The highest BCUT2D eigenvalue weighted by Gasteiger charge is 2.45. The van der Waals surface area contributed by atoms with Gasteiger partial charge in [-0.1, -0.05) is 117 Å². The maximum atomic E-state index is 12.7. The van der Waals surface area contributed by atoms with Gasteiger partial charge in [0.15, 0.2) is 5.71 Å². The first-order chi connectivity index (χ1) is 29.6. The molecule has 0 unspecified atom stereocenters. The summed E-state index contributed by atoms with van der Waals surface area (Å²) >= 11 is 0. The van der Waals surface area contributed by atoms with Crippen molar-refractivity contribution in [1.29, 1.82) is 0 Å². The summed E-state index contributed by atoms with van der Waals surface area (Å²) in [5.74, 6) is -0.145. The minimum absolute atomic E-state index is 0.0530. The third-order valence-corrected chi connectivity index (χ3v) is 12.8. The van der Waals surface area contributed by atoms with Crippen LogP contribution in [0.25, 0.3) is 12.2 Å². The van der Waals surface area contributed by atoms with Crippen LogP contribution in [0.3, 0.4) is 0 Å². The highest BCUT2D eigenvalue weighted by Crippen LogP contribution is 2.47. The van der Waals surface area contributed by atoms with Gasteiger partial charge in [0.05, 0.1) is 16.7 Å². The van der Waals surface area contributed by atoms with Crippen LogP contribution in [-0.4, -0.2) is 61.3 Å². The van der Waals surface area contributed by atoms with Gasteiger partial charge in [-0.05, 0) is 87.1 Å². The van der Waals surface area contributed by atoms with Crippen molar-refractivity contribution < 1.29 is 27.1 Å². The summed E-state index contributed by atoms with van der Waals surface area (Å²) in [4.78, 5) is 27.4. The number of aryl methyl sites for hydroxylation is 1. The van der Waals surface area contributed by atoms with Crippen LogP contribution in [0, 0.1) is 6.92 Å². The van der Waals surface area contributed by atoms with Crippen molar-refractivity contribution in [3.05, 3.63) is 160 Å². The molecule has 0 saturated heterocycles. The van der Waals surface area contributed by atoms with Crippen LogP contribution in [0.1, 0.15) is 93.7 Å². The van der Waals surface area contributed by atoms with Crippen molar-refractivity contribution in [3.63, 3.8) is 0 Å². The SMILES string of the molecule is CCN1C(=CC=CC=CC2=[N+](CCCCCC(=O)NCCNC(=O)Cc3ccc(/C=C/c4ccc(C)cc4)cc3)c3ccc(S(=O)(=O)O)cc3C2(C)C)C(C)(C)c2ccccc21. The van der Waals surface area contributed by atoms with Crippen molar-refractivity contribution in [2.24, 2.45) is 0 Å². The van der Waals surface area contributed by atoms with Gasteiger partial charge in [-0.15, -0.1) is 0 Å². The number of hydrogen-bond donors (Lipinski definition) is 3. The molecule has 6 rings (SSSR count). The minimum atomic E-state index is -4.38. The Morgan fingerprint density at radius 2 is 1.40 bits per heavy atom. The van der Waals surface area contributed by atoms with E-state index in [-0.39, 0.29) is 28.5 Å². The molecule has 0 fully saturated rings. The third kappa shape index (κ3) is 11.0. The summed E-state index contributed by atoms with van der Waals surface area (Å²) in [6.45, 7) is 15.1. The summed E-state index contributed by atoms with van der Waals surface area (Å²) < 4.78 is 36.3. The van der Waals surface area contributed by atoms with Gasteiger partial charge in [-0.3, -0.25) is 14.1 Å². The first-order valence-corrected chi connectivity index (χ1v) is 23.1. The van der Waals surface area contributed by atoms with E-state index in [1.54, 1.807) is 12.1 Å². The topological polar surface area (TPSA) is 119 Å². The zero-order chi connectivity index (χ0) is 44.5. The largest absolute Gasteiger partial charge is 0.354 e. The van der Waals surface area contributed by atoms with E-state index in [9.17, 15) is 22.6 Å². The molecule has 0 radical (unpaired) electrons. The number of allylic oxidation sites excluding steroid dienone is 6. The maximum Gasteiger partial charge on any atom is 0.294 e. The predicted octanol–water partition coefficient (Wildman–Crippen LogP) is 9.64. The monoisotopic (exact) mass is 853 g/mol. The van der Waals surface area contributed by atoms with Crippen LogP contribution in [0.4, 0.5) is 11.4 Å². The van der Waals surface area contributed by atoms with Gasteiger partial charge < -0.3 is 15.5 Å². The van der Waals surface area contributed by atoms with Crippen LogP contribution in [0.5, 0.6) is 0 Å². The molecule has 0 saturated carbocycles. The van der Waals surface area contributed by atoms with Crippen LogP contribution >= 0.6 is 0 Å². The van der Waals surface area contributed by atoms with Crippen molar-refractivity contribution in [2.75, 3.05) is 31.1 Å². The molecule has 2 heterocycles. The molecule has 2 aliphatic heterocycles. The number of unbranched alkanes of at least 4 members (excludes halogenated alkanes) is 2. The zero-order valence-corrected chi connectivity index (χ0v) is 37.8. The molecule has 324 valence electrons. The molecule has 0 aliphatic carbocycles. The van der Waals surface area contributed by atoms with E-state index in [4.69, 9.17) is 0 Å². The van der Waals surface area contributed by atoms with E-state index < -0.39 is 15.5 Å². The molecule has 4 aromatic carbocycles. The highest BCUT2D eigenvalue weighted by molar-refractivity contribution is 7.85. The van der Waals surface area contributed by atoms with Crippen LogP contribution in [-0.2, 0) is 37.0 Å². The number of fused-ring (bicyclic) bond motifs is 2. The Morgan fingerprint density at radius 1 is 0.742 bits per heavy atom. The number of carbonyl (C=O) groups excluding carboxylic acids is 2. The van der Waals surface area contributed by atoms with Crippen molar-refractivity contribution >= 4 is 51.2 Å². The fourth-order valence-electron chi connectivity index (χ4n) is 8.48. The Kier molecular flexibility index (Phi) is 14.7. The number of rotatable bonds is 18. The normalized spacial score (nSPS) is 16.2. The summed E-state index contributed by atoms with van der Waals surface area (Å²) in [6, 6.07) is 29.6. The summed E-state index contributed by atoms with van der Waals surface area (Å²) in [6.07, 6.45) is 17.5. The second-order valence-electron chi connectivity index (χ2n) is 17.2. The zero-order valence-electron chi connectivity index (χ0n) is 36.9. The number of likely N-dealkylation sites (N-methyl/N-ethyl adjacent to an activating group) is 1. The molecule has 62 heavy (non-hydrogen) atoms. The Bertz CT molecular complexity index is 2530. The average Bonchev–Trinajstić information content (AvgIpc) is 3.59. The average molecular weight is 854 g/mol. The maximum absolute atomic E-state index is 12.7. The number of nitrogens with zero attached hydrogens (tertiary/aromatic N) is 2. The predicted molar refractivity (Wildman–Crippen MR) is 253 cm³/mol. The minimum Gasteiger partial charge on any atom is -0.354 e. The van der Waals surface area contributed by atoms with E-state index in [1.165, 1.54) is 28.6 Å². The number of carbonyl (C=O) groups is 2. The van der Waals surface area contributed by atoms with Crippen molar-refractivity contribution in [3.8, 4) is 0 Å². The van der Waals surface area contributed by atoms with Crippen LogP contribution in [0.15, 0.2) is 132 Å². The molecule has 0 bridgehead atoms. The second kappa shape index (κ2) is 19.9. The van der Waals surface area contributed by atoms with E-state index in [2.05, 4.69) is 141 Å². The lowest BCUT2D eigenvalue weighted by molar-refractivity contribution is -0.438. The highest BCUT2D eigenvalue weighted by atomic mass is 32.2. The molecular formula is C52H61N4O5S+. The molecule has 2 amide bonds. The molecule has 0 atom stereocenters. The molecule has 9 nitrogen and oxygen atoms in total. The Hall–Kier alpha value is -5.84. The molecule has 4 aromatic rings. The molecular weight excluding hydrogens is 793 g/mol. The molecule has 10 heteroatoms. The summed E-state index contributed by atoms with van der Waals surface area (Å²) in [7, 11) is -4.38. The van der Waals surface area contributed by atoms with Gasteiger partial charge >= 0.3 is 0 Å². The fourth-order valence-corrected chi connectivity index (χ4v) is 8.99. The van der Waals surface area contributed by atoms with E-state index in [0.29, 0.717) is 32.5 Å². The summed E-state index contributed by atoms with van der Waals surface area (Å²) in [5, 5.41) is 5.82. The van der Waals surface area contributed by atoms with Gasteiger partial charge in [0, 0.05) is 67.0 Å². The second-order valence-corrected chi connectivity index (χ2v) is 18.6. The van der Waals surface area contributed by atoms with Crippen molar-refractivity contribution in [2.45, 2.75) is 89.4 Å². The lowest BCUT2D eigenvalue weighted by Crippen LogP contribution is -2.35. The number of benzene rings is 4. The standard InChI is InChI=1S/C52H60N4O5S/c1-7-55-45-17-14-13-16-43(45)51(3,4)47(55)18-10-8-11-19-48-52(5,6)44-37-42(62(59,60)61)31-32-46(44)56(48)35-15-9-12-20-49(57)53-33-34-54-50(58)36-41-29-27-40(28-30-41)26-25-39-23-21-38(2)22-24-39/h8,10-11,13-14,16-19,21-32,37H,7,9,12,15,20,33-36H2,1-6H3,(H2-,53,54,57,58,59,60,61)/p+1/b26-25+. The van der Waals surface area contributed by atoms with Gasteiger partial charge in [-0.25, -0.2) is 0 Å². The van der Waals surface area contributed by atoms with Gasteiger partial charge in [0.2, 0.25) is 17.5 Å². The van der Waals surface area contributed by atoms with E-state index in [0.717, 1.165) is 53.0 Å². The number of amides is 2. The molecule has 2 aliphatic rings. The molecule has 3 N–H and O–H groups in total. The lowest BCUT2D eigenvalue weighted by Gasteiger charge is -2.25. The Balaban J connectivity index is 0.986. The first-order valence-electron chi connectivity index (χ1n) is 21.7. The number of anilines is 1. The summed E-state index contributed by atoms with van der Waals surface area (Å²) in [5.41, 5.74) is 10.2. The first kappa shape index (κ1) is 45.7. The van der Waals surface area contributed by atoms with E-state index in [1.807, 2.05) is 36.4 Å². The molecule has 0 spiro atoms. The van der Waals surface area contributed by atoms with Gasteiger partial charge in [0.25, 0.3) is 10.1 Å². The van der Waals surface area contributed by atoms with Crippen LogP contribution < -0.4 is 15.5 Å².